The van der Waals surface area contributed by atoms with Crippen LogP contribution in [-0.4, -0.2) is 113 Å². The lowest BCUT2D eigenvalue weighted by Crippen LogP contribution is -2.49. The number of carbonyl (C=O) groups excluding carboxylic acids is 3. The van der Waals surface area contributed by atoms with E-state index in [1.165, 1.54) is 0 Å². The molecule has 0 spiro atoms. The monoisotopic (exact) mass is 825 g/mol. The van der Waals surface area contributed by atoms with Gasteiger partial charge in [0.15, 0.2) is 0 Å². The second kappa shape index (κ2) is 19.3. The molecule has 59 heavy (non-hydrogen) atoms. The molecule has 318 valence electrons. The van der Waals surface area contributed by atoms with E-state index in [1.807, 2.05) is 102 Å². The minimum absolute atomic E-state index is 0.287. The van der Waals surface area contributed by atoms with Crippen molar-refractivity contribution in [2.45, 2.75) is 91.5 Å². The zero-order valence-corrected chi connectivity index (χ0v) is 37.6. The van der Waals surface area contributed by atoms with Gasteiger partial charge in [0.05, 0.1) is 35.2 Å². The van der Waals surface area contributed by atoms with Crippen molar-refractivity contribution in [1.82, 2.24) is 29.0 Å². The zero-order chi connectivity index (χ0) is 43.0. The maximum absolute atomic E-state index is 14.0. The first-order chi connectivity index (χ1) is 27.7. The van der Waals surface area contributed by atoms with E-state index in [0.717, 1.165) is 22.6 Å². The van der Waals surface area contributed by atoms with Gasteiger partial charge in [-0.2, -0.15) is 5.10 Å². The lowest BCUT2D eigenvalue weighted by molar-refractivity contribution is -0.112. The Morgan fingerprint density at radius 1 is 0.864 bits per heavy atom. The van der Waals surface area contributed by atoms with Gasteiger partial charge in [-0.25, -0.2) is 14.2 Å². The summed E-state index contributed by atoms with van der Waals surface area (Å²) in [6, 6.07) is 19.0. The first kappa shape index (κ1) is 44.9. The molecule has 0 atom stereocenters. The van der Waals surface area contributed by atoms with Crippen molar-refractivity contribution in [2.75, 3.05) is 51.9 Å². The maximum Gasteiger partial charge on any atom is 0.419 e. The molecule has 14 heteroatoms. The first-order valence-corrected chi connectivity index (χ1v) is 24.1. The second-order valence-electron chi connectivity index (χ2n) is 18.4. The van der Waals surface area contributed by atoms with Gasteiger partial charge in [-0.1, -0.05) is 56.0 Å². The largest absolute Gasteiger partial charge is 0.444 e. The number of ether oxygens (including phenoxy) is 3. The number of benzene rings is 2. The predicted octanol–water partition coefficient (Wildman–Crippen LogP) is 8.50. The molecule has 0 unspecified atom stereocenters. The summed E-state index contributed by atoms with van der Waals surface area (Å²) < 4.78 is 20.8. The Bertz CT molecular complexity index is 2110. The molecular weight excluding hydrogens is 763 g/mol. The molecule has 1 aliphatic rings. The number of fused-ring (bicyclic) bond motifs is 1. The molecule has 2 aromatic carbocycles. The molecule has 0 aliphatic carbocycles. The van der Waals surface area contributed by atoms with Crippen molar-refractivity contribution in [3.63, 3.8) is 0 Å². The number of amides is 2. The number of nitrogens with zero attached hydrogens (tertiary/aromatic N) is 6. The molecule has 0 bridgehead atoms. The van der Waals surface area contributed by atoms with Gasteiger partial charge in [-0.05, 0) is 89.1 Å². The second-order valence-corrected chi connectivity index (χ2v) is 24.0. The van der Waals surface area contributed by atoms with Gasteiger partial charge in [0.25, 0.3) is 5.91 Å². The van der Waals surface area contributed by atoms with Gasteiger partial charge in [0.2, 0.25) is 0 Å². The number of aromatic nitrogens is 3. The van der Waals surface area contributed by atoms with Crippen LogP contribution < -0.4 is 5.32 Å². The van der Waals surface area contributed by atoms with E-state index in [4.69, 9.17) is 14.2 Å². The van der Waals surface area contributed by atoms with Gasteiger partial charge >= 0.3 is 12.2 Å². The smallest absolute Gasteiger partial charge is 0.419 e. The van der Waals surface area contributed by atoms with Crippen molar-refractivity contribution in [3.05, 3.63) is 102 Å². The van der Waals surface area contributed by atoms with Gasteiger partial charge in [-0.15, -0.1) is 0 Å². The van der Waals surface area contributed by atoms with Crippen LogP contribution in [0.4, 0.5) is 15.3 Å². The van der Waals surface area contributed by atoms with Crippen molar-refractivity contribution in [3.8, 4) is 0 Å². The highest BCUT2D eigenvalue weighted by Gasteiger charge is 2.27. The Morgan fingerprint density at radius 2 is 1.54 bits per heavy atom. The van der Waals surface area contributed by atoms with Crippen molar-refractivity contribution in [2.24, 2.45) is 0 Å². The normalized spacial score (nSPS) is 14.5. The number of rotatable bonds is 14. The molecule has 1 N–H and O–H groups in total. The summed E-state index contributed by atoms with van der Waals surface area (Å²) in [6.07, 6.45) is 7.85. The predicted molar refractivity (Wildman–Crippen MR) is 237 cm³/mol. The molecule has 3 heterocycles. The van der Waals surface area contributed by atoms with Crippen molar-refractivity contribution in [1.29, 1.82) is 0 Å². The average Bonchev–Trinajstić information content (AvgIpc) is 3.74. The van der Waals surface area contributed by atoms with Crippen LogP contribution in [0.25, 0.3) is 17.0 Å². The first-order valence-electron chi connectivity index (χ1n) is 20.3. The van der Waals surface area contributed by atoms with Crippen LogP contribution in [0.3, 0.4) is 0 Å². The highest BCUT2D eigenvalue weighted by atomic mass is 28.3. The lowest BCUT2D eigenvalue weighted by Gasteiger charge is -2.35. The molecule has 13 nitrogen and oxygen atoms in total. The molecule has 4 aromatic rings. The van der Waals surface area contributed by atoms with Gasteiger partial charge in [0.1, 0.15) is 17.9 Å². The number of hydrogen-bond acceptors (Lipinski definition) is 9. The van der Waals surface area contributed by atoms with E-state index in [0.29, 0.717) is 75.1 Å². The fraction of sp³-hybridized carbons (Fsp3) is 0.467. The Hall–Kier alpha value is -5.18. The molecule has 2 aromatic heterocycles. The summed E-state index contributed by atoms with van der Waals surface area (Å²) in [5.74, 6) is -0.344. The Morgan fingerprint density at radius 3 is 2.20 bits per heavy atom. The van der Waals surface area contributed by atoms with Crippen LogP contribution >= 0.6 is 0 Å². The molecule has 5 rings (SSSR count). The third-order valence-corrected chi connectivity index (χ3v) is 11.0. The molecule has 0 radical (unpaired) electrons. The average molecular weight is 826 g/mol. The van der Waals surface area contributed by atoms with Gasteiger partial charge in [0, 0.05) is 72.2 Å². The van der Waals surface area contributed by atoms with Crippen LogP contribution in [0, 0.1) is 0 Å². The fourth-order valence-electron chi connectivity index (χ4n) is 6.39. The molecule has 1 saturated heterocycles. The van der Waals surface area contributed by atoms with Gasteiger partial charge < -0.3 is 29.3 Å². The van der Waals surface area contributed by atoms with Crippen LogP contribution in [0.1, 0.15) is 58.4 Å². The van der Waals surface area contributed by atoms with Crippen LogP contribution in [-0.2, 0) is 32.1 Å². The number of hydrogen-bond donors (Lipinski definition) is 1. The minimum Gasteiger partial charge on any atom is -0.444 e. The Kier molecular flexibility index (Phi) is 14.7. The highest BCUT2D eigenvalue weighted by Crippen LogP contribution is 2.26. The van der Waals surface area contributed by atoms with E-state index < -0.39 is 25.4 Å². The molecule has 2 amide bonds. The Labute approximate surface area is 350 Å². The quantitative estimate of drug-likeness (QED) is 0.0439. The van der Waals surface area contributed by atoms with E-state index in [9.17, 15) is 14.4 Å². The summed E-state index contributed by atoms with van der Waals surface area (Å²) in [5, 5.41) is 8.31. The molecule has 1 fully saturated rings. The van der Waals surface area contributed by atoms with E-state index >= 15 is 0 Å². The number of piperazine rings is 1. The zero-order valence-electron chi connectivity index (χ0n) is 36.6. The summed E-state index contributed by atoms with van der Waals surface area (Å²) in [6.45, 7) is 22.9. The third kappa shape index (κ3) is 14.3. The standard InChI is InChI=1S/C45H63N7O6Si/c1-44(2,3)57-42(54)50-22-20-49(21-23-50)29-35-16-19-40-37(26-35)27-39(52(40)43(55)58-45(4,5)6)18-17-36(31-48(7)33-56-24-25-59(8,9)10)41(53)47-38-28-46-51(32-38)30-34-14-12-11-13-15-34/h11-19,26-28,31-32H,20-25,29-30,33H2,1-10H3,(H,47,53)/b18-17+,36-31+. The summed E-state index contributed by atoms with van der Waals surface area (Å²) >= 11 is 0. The van der Waals surface area contributed by atoms with Crippen LogP contribution in [0.2, 0.25) is 25.7 Å². The van der Waals surface area contributed by atoms with E-state index in [2.05, 4.69) is 41.0 Å². The number of nitrogens with one attached hydrogen (secondary N) is 1. The number of anilines is 1. The maximum atomic E-state index is 14.0. The van der Waals surface area contributed by atoms with E-state index in [-0.39, 0.29) is 12.0 Å². The van der Waals surface area contributed by atoms with Crippen LogP contribution in [0.5, 0.6) is 0 Å². The fourth-order valence-corrected chi connectivity index (χ4v) is 7.15. The Balaban J connectivity index is 1.39. The number of carbonyl (C=O) groups is 3. The molecule has 1 aliphatic heterocycles. The van der Waals surface area contributed by atoms with Gasteiger partial charge in [-0.3, -0.25) is 14.4 Å². The summed E-state index contributed by atoms with van der Waals surface area (Å²) in [7, 11) is 0.595. The van der Waals surface area contributed by atoms with Crippen LogP contribution in [0.15, 0.2) is 84.8 Å². The van der Waals surface area contributed by atoms with Crippen molar-refractivity contribution < 1.29 is 28.6 Å². The van der Waals surface area contributed by atoms with Crippen molar-refractivity contribution >= 4 is 48.8 Å². The lowest BCUT2D eigenvalue weighted by atomic mass is 10.1. The summed E-state index contributed by atoms with van der Waals surface area (Å²) in [5.41, 5.74) is 3.05. The minimum atomic E-state index is -1.27. The summed E-state index contributed by atoms with van der Waals surface area (Å²) in [4.78, 5) is 46.3. The topological polar surface area (TPSA) is 123 Å². The van der Waals surface area contributed by atoms with E-state index in [1.54, 1.807) is 44.9 Å². The molecular formula is C45H63N7O6Si. The third-order valence-electron chi connectivity index (χ3n) is 9.33. The highest BCUT2D eigenvalue weighted by molar-refractivity contribution is 6.76. The molecule has 0 saturated carbocycles. The SMILES string of the molecule is CN(/C=C(\C=C\c1cc2cc(CN3CCN(C(=O)OC(C)(C)C)CC3)ccc2n1C(=O)OC(C)(C)C)C(=O)Nc1cnn(Cc2ccccc2)c1)COCC[Si](C)(C)C.